The molecule has 1 unspecified atom stereocenters. The number of rotatable bonds is 6. The molecule has 0 spiro atoms. The number of hydrogen-bond acceptors (Lipinski definition) is 5. The fourth-order valence-corrected chi connectivity index (χ4v) is 5.65. The molecule has 2 aromatic carbocycles. The van der Waals surface area contributed by atoms with Crippen LogP contribution in [0.1, 0.15) is 12.0 Å². The molecule has 2 aromatic rings. The van der Waals surface area contributed by atoms with Gasteiger partial charge in [0.15, 0.2) is 0 Å². The first-order chi connectivity index (χ1) is 13.1. The van der Waals surface area contributed by atoms with Crippen LogP contribution in [0.25, 0.3) is 0 Å². The van der Waals surface area contributed by atoms with E-state index in [1.807, 2.05) is 30.3 Å². The Bertz CT molecular complexity index is 813. The quantitative estimate of drug-likeness (QED) is 0.447. The zero-order valence-corrected chi connectivity index (χ0v) is 16.0. The lowest BCUT2D eigenvalue weighted by Crippen LogP contribution is -2.49. The first kappa shape index (κ1) is 19.6. The molecule has 1 fully saturated rings. The molecule has 1 heterocycles. The van der Waals surface area contributed by atoms with E-state index in [4.69, 9.17) is 9.26 Å². The summed E-state index contributed by atoms with van der Waals surface area (Å²) in [6.07, 6.45) is 0.945. The second-order valence-electron chi connectivity index (χ2n) is 6.25. The zero-order valence-electron chi connectivity index (χ0n) is 15.1. The molecular formula is C19H23N2O5P. The number of amides is 1. The normalized spacial score (nSPS) is 21.4. The molecule has 0 aliphatic carbocycles. The van der Waals surface area contributed by atoms with Gasteiger partial charge in [-0.05, 0) is 42.7 Å². The molecule has 2 atom stereocenters. The number of benzene rings is 2. The third kappa shape index (κ3) is 4.22. The van der Waals surface area contributed by atoms with Crippen LogP contribution in [-0.4, -0.2) is 42.1 Å². The molecule has 1 aliphatic rings. The standard InChI is InChI=1S/C19H23N2O5P/c1-25-16-8-10-17(11-9-16)27(24)21(12-5-13-26-27)18(19(22)20-23)14-15-6-3-2-4-7-15/h2-4,6-11,18,23H,5,12-14H2,1H3,(H,20,22)/t18-,27?/m0/s1. The van der Waals surface area contributed by atoms with Crippen LogP contribution in [0.2, 0.25) is 0 Å². The highest BCUT2D eigenvalue weighted by Crippen LogP contribution is 2.53. The average Bonchev–Trinajstić information content (AvgIpc) is 2.73. The molecular weight excluding hydrogens is 367 g/mol. The van der Waals surface area contributed by atoms with Gasteiger partial charge in [-0.1, -0.05) is 30.3 Å². The van der Waals surface area contributed by atoms with Crippen molar-refractivity contribution in [1.82, 2.24) is 10.2 Å². The van der Waals surface area contributed by atoms with E-state index < -0.39 is 19.5 Å². The Balaban J connectivity index is 1.96. The van der Waals surface area contributed by atoms with Gasteiger partial charge in [0.05, 0.1) is 19.0 Å². The lowest BCUT2D eigenvalue weighted by Gasteiger charge is -2.39. The van der Waals surface area contributed by atoms with Gasteiger partial charge in [0.1, 0.15) is 11.8 Å². The predicted molar refractivity (Wildman–Crippen MR) is 101 cm³/mol. The molecule has 8 heteroatoms. The number of ether oxygens (including phenoxy) is 1. The van der Waals surface area contributed by atoms with Gasteiger partial charge in [0.2, 0.25) is 0 Å². The molecule has 7 nitrogen and oxygen atoms in total. The maximum Gasteiger partial charge on any atom is 0.303 e. The summed E-state index contributed by atoms with van der Waals surface area (Å²) >= 11 is 0. The van der Waals surface area contributed by atoms with Gasteiger partial charge < -0.3 is 9.26 Å². The van der Waals surface area contributed by atoms with E-state index in [-0.39, 0.29) is 0 Å². The van der Waals surface area contributed by atoms with Crippen LogP contribution < -0.4 is 15.5 Å². The molecule has 0 bridgehead atoms. The van der Waals surface area contributed by atoms with Crippen molar-refractivity contribution in [3.63, 3.8) is 0 Å². The van der Waals surface area contributed by atoms with Gasteiger partial charge in [-0.25, -0.2) is 10.2 Å². The summed E-state index contributed by atoms with van der Waals surface area (Å²) in [6.45, 7) is 0.771. The fraction of sp³-hybridized carbons (Fsp3) is 0.316. The Kier molecular flexibility index (Phi) is 6.29. The maximum atomic E-state index is 13.8. The zero-order chi connectivity index (χ0) is 19.3. The second-order valence-corrected chi connectivity index (χ2v) is 8.58. The molecule has 0 aromatic heterocycles. The van der Waals surface area contributed by atoms with Crippen molar-refractivity contribution in [2.45, 2.75) is 18.9 Å². The summed E-state index contributed by atoms with van der Waals surface area (Å²) in [7, 11) is -1.90. The van der Waals surface area contributed by atoms with Gasteiger partial charge in [-0.3, -0.25) is 14.6 Å². The third-order valence-corrected chi connectivity index (χ3v) is 7.22. The van der Waals surface area contributed by atoms with E-state index in [1.54, 1.807) is 41.5 Å². The summed E-state index contributed by atoms with van der Waals surface area (Å²) in [6, 6.07) is 15.4. The lowest BCUT2D eigenvalue weighted by atomic mass is 10.1. The first-order valence-corrected chi connectivity index (χ1v) is 10.3. The van der Waals surface area contributed by atoms with E-state index in [1.165, 1.54) is 0 Å². The van der Waals surface area contributed by atoms with Gasteiger partial charge in [-0.2, -0.15) is 0 Å². The molecule has 3 rings (SSSR count). The number of hydroxylamine groups is 1. The van der Waals surface area contributed by atoms with Crippen LogP contribution in [0.4, 0.5) is 0 Å². The molecule has 1 saturated heterocycles. The van der Waals surface area contributed by atoms with Crippen LogP contribution >= 0.6 is 7.52 Å². The van der Waals surface area contributed by atoms with Crippen molar-refractivity contribution >= 4 is 18.7 Å². The Hall–Kier alpha value is -2.18. The summed E-state index contributed by atoms with van der Waals surface area (Å²) in [4.78, 5) is 12.4. The third-order valence-electron chi connectivity index (χ3n) is 4.58. The minimum atomic E-state index is -3.46. The Morgan fingerprint density at radius 1 is 1.26 bits per heavy atom. The SMILES string of the molecule is COc1ccc(P2(=O)OCCCN2[C@@H](Cc2ccccc2)C(=O)NO)cc1. The van der Waals surface area contributed by atoms with Crippen LogP contribution in [0.3, 0.4) is 0 Å². The van der Waals surface area contributed by atoms with Gasteiger partial charge in [0, 0.05) is 6.54 Å². The number of hydrogen-bond donors (Lipinski definition) is 2. The Morgan fingerprint density at radius 2 is 1.96 bits per heavy atom. The van der Waals surface area contributed by atoms with E-state index in [2.05, 4.69) is 0 Å². The average molecular weight is 390 g/mol. The number of nitrogens with zero attached hydrogens (tertiary/aromatic N) is 1. The van der Waals surface area contributed by atoms with Crippen molar-refractivity contribution in [1.29, 1.82) is 0 Å². The van der Waals surface area contributed by atoms with E-state index >= 15 is 0 Å². The van der Waals surface area contributed by atoms with E-state index in [0.29, 0.717) is 37.0 Å². The van der Waals surface area contributed by atoms with Gasteiger partial charge >= 0.3 is 7.52 Å². The molecule has 144 valence electrons. The molecule has 27 heavy (non-hydrogen) atoms. The summed E-state index contributed by atoms with van der Waals surface area (Å²) in [5, 5.41) is 9.74. The molecule has 0 saturated carbocycles. The topological polar surface area (TPSA) is 88.1 Å². The summed E-state index contributed by atoms with van der Waals surface area (Å²) in [5.41, 5.74) is 2.61. The largest absolute Gasteiger partial charge is 0.497 e. The highest BCUT2D eigenvalue weighted by Gasteiger charge is 2.43. The lowest BCUT2D eigenvalue weighted by molar-refractivity contribution is -0.133. The number of carbonyl (C=O) groups excluding carboxylic acids is 1. The number of nitrogens with one attached hydrogen (secondary N) is 1. The highest BCUT2D eigenvalue weighted by molar-refractivity contribution is 7.64. The van der Waals surface area contributed by atoms with Crippen LogP contribution in [0.5, 0.6) is 5.75 Å². The van der Waals surface area contributed by atoms with Gasteiger partial charge in [0.25, 0.3) is 5.91 Å². The number of methoxy groups -OCH3 is 1. The number of carbonyl (C=O) groups is 1. The van der Waals surface area contributed by atoms with Crippen molar-refractivity contribution in [2.75, 3.05) is 20.3 Å². The first-order valence-electron chi connectivity index (χ1n) is 8.72. The minimum Gasteiger partial charge on any atom is -0.497 e. The van der Waals surface area contributed by atoms with Gasteiger partial charge in [-0.15, -0.1) is 0 Å². The monoisotopic (exact) mass is 390 g/mol. The molecule has 2 N–H and O–H groups in total. The summed E-state index contributed by atoms with van der Waals surface area (Å²) < 4.78 is 26.3. The van der Waals surface area contributed by atoms with Crippen LogP contribution in [-0.2, 0) is 20.3 Å². The van der Waals surface area contributed by atoms with Crippen LogP contribution in [0.15, 0.2) is 54.6 Å². The molecule has 0 radical (unpaired) electrons. The van der Waals surface area contributed by atoms with Crippen molar-refractivity contribution in [3.05, 3.63) is 60.2 Å². The van der Waals surface area contributed by atoms with Crippen molar-refractivity contribution in [3.8, 4) is 5.75 Å². The predicted octanol–water partition coefficient (Wildman–Crippen LogP) is 2.35. The van der Waals surface area contributed by atoms with Crippen LogP contribution in [0, 0.1) is 0 Å². The molecule has 1 amide bonds. The Labute approximate surface area is 158 Å². The van der Waals surface area contributed by atoms with E-state index in [0.717, 1.165) is 5.56 Å². The minimum absolute atomic E-state index is 0.302. The van der Waals surface area contributed by atoms with E-state index in [9.17, 15) is 14.6 Å². The maximum absolute atomic E-state index is 13.8. The summed E-state index contributed by atoms with van der Waals surface area (Å²) in [5.74, 6) is 0.0286. The fourth-order valence-electron chi connectivity index (χ4n) is 3.20. The van der Waals surface area contributed by atoms with Crippen molar-refractivity contribution in [2.24, 2.45) is 0 Å². The second kappa shape index (κ2) is 8.67. The van der Waals surface area contributed by atoms with Crippen molar-refractivity contribution < 1.29 is 23.8 Å². The molecule has 1 aliphatic heterocycles. The highest BCUT2D eigenvalue weighted by atomic mass is 31.2. The smallest absolute Gasteiger partial charge is 0.303 e. The Morgan fingerprint density at radius 3 is 2.59 bits per heavy atom.